The minimum Gasteiger partial charge on any atom is -0.495 e. The van der Waals surface area contributed by atoms with Gasteiger partial charge in [-0.3, -0.25) is 4.99 Å². The fraction of sp³-hybridized carbons (Fsp3) is 0.462. The Bertz CT molecular complexity index is 374. The Morgan fingerprint density at radius 2 is 2.19 bits per heavy atom. The number of hydrogen-bond donors (Lipinski definition) is 0. The summed E-state index contributed by atoms with van der Waals surface area (Å²) in [6, 6.07) is 5.59. The van der Waals surface area contributed by atoms with Crippen molar-refractivity contribution in [2.75, 3.05) is 7.11 Å². The van der Waals surface area contributed by atoms with E-state index < -0.39 is 0 Å². The summed E-state index contributed by atoms with van der Waals surface area (Å²) in [4.78, 5) is 4.51. The second kappa shape index (κ2) is 6.54. The number of methoxy groups -OCH3 is 1. The van der Waals surface area contributed by atoms with Crippen LogP contribution in [0.3, 0.4) is 0 Å². The highest BCUT2D eigenvalue weighted by atomic mass is 35.5. The van der Waals surface area contributed by atoms with Crippen LogP contribution < -0.4 is 4.74 Å². The molecule has 88 valence electrons. The second-order valence-corrected chi connectivity index (χ2v) is 4.18. The molecule has 0 radical (unpaired) electrons. The number of benzene rings is 1. The predicted molar refractivity (Wildman–Crippen MR) is 70.3 cm³/mol. The lowest BCUT2D eigenvalue weighted by molar-refractivity contribution is 0.415. The fourth-order valence-electron chi connectivity index (χ4n) is 1.43. The molecule has 0 spiro atoms. The third-order valence-electron chi connectivity index (χ3n) is 2.35. The van der Waals surface area contributed by atoms with Gasteiger partial charge in [0.2, 0.25) is 0 Å². The van der Waals surface area contributed by atoms with Gasteiger partial charge in [0.25, 0.3) is 0 Å². The third-order valence-corrected chi connectivity index (χ3v) is 2.64. The Kier molecular flexibility index (Phi) is 5.33. The van der Waals surface area contributed by atoms with E-state index in [-0.39, 0.29) is 0 Å². The molecule has 16 heavy (non-hydrogen) atoms. The van der Waals surface area contributed by atoms with Crippen molar-refractivity contribution in [2.45, 2.75) is 33.1 Å². The molecule has 0 bridgehead atoms. The Morgan fingerprint density at radius 1 is 1.44 bits per heavy atom. The summed E-state index contributed by atoms with van der Waals surface area (Å²) < 4.78 is 5.09. The Labute approximate surface area is 102 Å². The zero-order valence-electron chi connectivity index (χ0n) is 10.1. The molecule has 2 nitrogen and oxygen atoms in total. The average Bonchev–Trinajstić information content (AvgIpc) is 2.26. The molecule has 0 aliphatic rings. The van der Waals surface area contributed by atoms with Crippen LogP contribution in [0, 0.1) is 0 Å². The SMILES string of the molecule is CCCCC(C)=Nc1ccc(OC)c(Cl)c1. The van der Waals surface area contributed by atoms with E-state index in [0.717, 1.165) is 17.8 Å². The molecule has 0 atom stereocenters. The highest BCUT2D eigenvalue weighted by molar-refractivity contribution is 6.32. The number of ether oxygens (including phenoxy) is 1. The molecule has 0 heterocycles. The molecule has 3 heteroatoms. The van der Waals surface area contributed by atoms with E-state index in [4.69, 9.17) is 16.3 Å². The maximum absolute atomic E-state index is 6.02. The monoisotopic (exact) mass is 239 g/mol. The maximum atomic E-state index is 6.02. The van der Waals surface area contributed by atoms with E-state index in [1.165, 1.54) is 12.8 Å². The van der Waals surface area contributed by atoms with Crippen LogP contribution in [0.15, 0.2) is 23.2 Å². The van der Waals surface area contributed by atoms with Crippen LogP contribution in [0.5, 0.6) is 5.75 Å². The van der Waals surface area contributed by atoms with Crippen molar-refractivity contribution in [3.05, 3.63) is 23.2 Å². The van der Waals surface area contributed by atoms with Gasteiger partial charge < -0.3 is 4.74 Å². The molecule has 0 aromatic heterocycles. The number of hydrogen-bond acceptors (Lipinski definition) is 2. The van der Waals surface area contributed by atoms with E-state index in [0.29, 0.717) is 10.8 Å². The smallest absolute Gasteiger partial charge is 0.137 e. The first-order chi connectivity index (χ1) is 7.67. The standard InChI is InChI=1S/C13H18ClNO/c1-4-5-6-10(2)15-11-7-8-13(16-3)12(14)9-11/h7-9H,4-6H2,1-3H3. The summed E-state index contributed by atoms with van der Waals surface area (Å²) in [7, 11) is 1.61. The summed E-state index contributed by atoms with van der Waals surface area (Å²) >= 11 is 6.02. The van der Waals surface area contributed by atoms with Crippen LogP contribution >= 0.6 is 11.6 Å². The van der Waals surface area contributed by atoms with Crippen molar-refractivity contribution in [1.82, 2.24) is 0 Å². The van der Waals surface area contributed by atoms with Crippen LogP contribution in [-0.2, 0) is 0 Å². The van der Waals surface area contributed by atoms with Crippen LogP contribution in [0.2, 0.25) is 5.02 Å². The van der Waals surface area contributed by atoms with Crippen LogP contribution in [0.4, 0.5) is 5.69 Å². The molecule has 0 aliphatic heterocycles. The molecule has 0 saturated heterocycles. The lowest BCUT2D eigenvalue weighted by Crippen LogP contribution is -1.90. The van der Waals surface area contributed by atoms with Gasteiger partial charge in [-0.15, -0.1) is 0 Å². The number of rotatable bonds is 5. The Hall–Kier alpha value is -1.02. The molecular formula is C13H18ClNO. The molecule has 0 amide bonds. The fourth-order valence-corrected chi connectivity index (χ4v) is 1.69. The van der Waals surface area contributed by atoms with E-state index >= 15 is 0 Å². The minimum absolute atomic E-state index is 0.604. The number of nitrogens with zero attached hydrogens (tertiary/aromatic N) is 1. The number of unbranched alkanes of at least 4 members (excludes halogenated alkanes) is 1. The topological polar surface area (TPSA) is 21.6 Å². The normalized spacial score (nSPS) is 11.6. The molecule has 1 aromatic carbocycles. The molecule has 0 saturated carbocycles. The molecule has 0 N–H and O–H groups in total. The van der Waals surface area contributed by atoms with Crippen molar-refractivity contribution in [3.8, 4) is 5.75 Å². The first-order valence-electron chi connectivity index (χ1n) is 5.55. The zero-order chi connectivity index (χ0) is 12.0. The van der Waals surface area contributed by atoms with Crippen LogP contribution in [-0.4, -0.2) is 12.8 Å². The quantitative estimate of drug-likeness (QED) is 0.687. The maximum Gasteiger partial charge on any atom is 0.137 e. The van der Waals surface area contributed by atoms with Gasteiger partial charge in [-0.05, 0) is 38.0 Å². The summed E-state index contributed by atoms with van der Waals surface area (Å²) in [6.45, 7) is 4.23. The molecule has 0 unspecified atom stereocenters. The van der Waals surface area contributed by atoms with Gasteiger partial charge in [-0.25, -0.2) is 0 Å². The lowest BCUT2D eigenvalue weighted by Gasteiger charge is -2.04. The lowest BCUT2D eigenvalue weighted by atomic mass is 10.2. The Balaban J connectivity index is 2.77. The molecule has 0 aliphatic carbocycles. The number of aliphatic imine (C=N–C) groups is 1. The van der Waals surface area contributed by atoms with Crippen molar-refractivity contribution >= 4 is 23.0 Å². The van der Waals surface area contributed by atoms with E-state index in [1.54, 1.807) is 7.11 Å². The van der Waals surface area contributed by atoms with Crippen molar-refractivity contribution in [2.24, 2.45) is 4.99 Å². The van der Waals surface area contributed by atoms with E-state index in [2.05, 4.69) is 11.9 Å². The van der Waals surface area contributed by atoms with Crippen LogP contribution in [0.1, 0.15) is 33.1 Å². The highest BCUT2D eigenvalue weighted by Crippen LogP contribution is 2.28. The molecule has 1 rings (SSSR count). The van der Waals surface area contributed by atoms with Gasteiger partial charge in [0, 0.05) is 5.71 Å². The van der Waals surface area contributed by atoms with Gasteiger partial charge in [0.1, 0.15) is 5.75 Å². The van der Waals surface area contributed by atoms with Gasteiger partial charge >= 0.3 is 0 Å². The zero-order valence-corrected chi connectivity index (χ0v) is 10.8. The van der Waals surface area contributed by atoms with E-state index in [9.17, 15) is 0 Å². The largest absolute Gasteiger partial charge is 0.495 e. The Morgan fingerprint density at radius 3 is 2.75 bits per heavy atom. The number of halogens is 1. The van der Waals surface area contributed by atoms with Crippen LogP contribution in [0.25, 0.3) is 0 Å². The summed E-state index contributed by atoms with van der Waals surface area (Å²) in [5.74, 6) is 0.687. The predicted octanol–water partition coefficient (Wildman–Crippen LogP) is 4.63. The van der Waals surface area contributed by atoms with Gasteiger partial charge in [-0.2, -0.15) is 0 Å². The molecule has 1 aromatic rings. The summed E-state index contributed by atoms with van der Waals surface area (Å²) in [5.41, 5.74) is 2.03. The second-order valence-electron chi connectivity index (χ2n) is 3.77. The van der Waals surface area contributed by atoms with E-state index in [1.807, 2.05) is 25.1 Å². The minimum atomic E-state index is 0.604. The first kappa shape index (κ1) is 13.0. The summed E-state index contributed by atoms with van der Waals surface area (Å²) in [6.07, 6.45) is 3.41. The van der Waals surface area contributed by atoms with Gasteiger partial charge in [0.15, 0.2) is 0 Å². The molecular weight excluding hydrogens is 222 g/mol. The highest BCUT2D eigenvalue weighted by Gasteiger charge is 2.01. The average molecular weight is 240 g/mol. The molecule has 0 fully saturated rings. The summed E-state index contributed by atoms with van der Waals surface area (Å²) in [5, 5.41) is 0.604. The third kappa shape index (κ3) is 3.86. The van der Waals surface area contributed by atoms with Crippen molar-refractivity contribution in [3.63, 3.8) is 0 Å². The van der Waals surface area contributed by atoms with Gasteiger partial charge in [-0.1, -0.05) is 24.9 Å². The van der Waals surface area contributed by atoms with Crippen molar-refractivity contribution in [1.29, 1.82) is 0 Å². The van der Waals surface area contributed by atoms with Crippen molar-refractivity contribution < 1.29 is 4.74 Å². The first-order valence-corrected chi connectivity index (χ1v) is 5.93. The van der Waals surface area contributed by atoms with Gasteiger partial charge in [0.05, 0.1) is 17.8 Å².